The molecule has 2 N–H and O–H groups in total. The van der Waals surface area contributed by atoms with Crippen molar-refractivity contribution in [3.8, 4) is 0 Å². The van der Waals surface area contributed by atoms with Crippen molar-refractivity contribution in [3.05, 3.63) is 0 Å². The summed E-state index contributed by atoms with van der Waals surface area (Å²) in [6.07, 6.45) is 5.54. The van der Waals surface area contributed by atoms with Gasteiger partial charge in [0.1, 0.15) is 0 Å². The van der Waals surface area contributed by atoms with Gasteiger partial charge in [-0.2, -0.15) is 0 Å². The third-order valence-electron chi connectivity index (χ3n) is 5.06. The SMILES string of the molecule is CN=C(NC1CCC1)NC1C2CCOC2C1(C)C.I. The normalized spacial score (nSPS) is 36.6. The zero-order chi connectivity index (χ0) is 12.8. The molecule has 3 rings (SSSR count). The maximum atomic E-state index is 5.83. The summed E-state index contributed by atoms with van der Waals surface area (Å²) < 4.78 is 5.83. The lowest BCUT2D eigenvalue weighted by Crippen LogP contribution is -2.68. The van der Waals surface area contributed by atoms with Crippen LogP contribution in [0.5, 0.6) is 0 Å². The topological polar surface area (TPSA) is 45.7 Å². The minimum Gasteiger partial charge on any atom is -0.377 e. The summed E-state index contributed by atoms with van der Waals surface area (Å²) >= 11 is 0. The van der Waals surface area contributed by atoms with Gasteiger partial charge in [-0.15, -0.1) is 24.0 Å². The number of hydrogen-bond acceptors (Lipinski definition) is 2. The second-order valence-corrected chi connectivity index (χ2v) is 6.53. The number of halogens is 1. The zero-order valence-corrected chi connectivity index (χ0v) is 14.4. The number of aliphatic imine (C=N–C) groups is 1. The Morgan fingerprint density at radius 1 is 1.21 bits per heavy atom. The Balaban J connectivity index is 0.00000133. The molecular weight excluding hydrogens is 353 g/mol. The third-order valence-corrected chi connectivity index (χ3v) is 5.06. The van der Waals surface area contributed by atoms with Gasteiger partial charge >= 0.3 is 0 Å². The molecular formula is C14H26IN3O. The van der Waals surface area contributed by atoms with Crippen molar-refractivity contribution in [2.45, 2.75) is 57.7 Å². The summed E-state index contributed by atoms with van der Waals surface area (Å²) in [6, 6.07) is 1.13. The standard InChI is InChI=1S/C14H25N3O.HI/c1-14(2)11(10-7-8-18-12(10)14)17-13(15-3)16-9-5-4-6-9;/h9-12H,4-8H2,1-3H3,(H2,15,16,17);1H. The Kier molecular flexibility index (Phi) is 4.65. The van der Waals surface area contributed by atoms with Gasteiger partial charge in [0, 0.05) is 37.1 Å². The third kappa shape index (κ3) is 2.60. The molecule has 19 heavy (non-hydrogen) atoms. The predicted molar refractivity (Wildman–Crippen MR) is 88.1 cm³/mol. The van der Waals surface area contributed by atoms with Gasteiger partial charge in [-0.05, 0) is 25.7 Å². The van der Waals surface area contributed by atoms with Gasteiger partial charge in [0.15, 0.2) is 5.96 Å². The molecule has 110 valence electrons. The minimum absolute atomic E-state index is 0. The van der Waals surface area contributed by atoms with Crippen molar-refractivity contribution < 1.29 is 4.74 Å². The molecule has 2 aliphatic carbocycles. The zero-order valence-electron chi connectivity index (χ0n) is 12.1. The fourth-order valence-corrected chi connectivity index (χ4v) is 3.68. The monoisotopic (exact) mass is 379 g/mol. The smallest absolute Gasteiger partial charge is 0.191 e. The number of nitrogens with zero attached hydrogens (tertiary/aromatic N) is 1. The van der Waals surface area contributed by atoms with E-state index >= 15 is 0 Å². The molecule has 3 fully saturated rings. The van der Waals surface area contributed by atoms with E-state index in [2.05, 4.69) is 29.5 Å². The first-order valence-corrected chi connectivity index (χ1v) is 7.24. The molecule has 0 aromatic heterocycles. The average Bonchev–Trinajstić information content (AvgIpc) is 2.73. The number of rotatable bonds is 2. The van der Waals surface area contributed by atoms with Gasteiger partial charge in [-0.3, -0.25) is 4.99 Å². The quantitative estimate of drug-likeness (QED) is 0.439. The average molecular weight is 379 g/mol. The Morgan fingerprint density at radius 3 is 2.53 bits per heavy atom. The fourth-order valence-electron chi connectivity index (χ4n) is 3.68. The van der Waals surface area contributed by atoms with Crippen LogP contribution >= 0.6 is 24.0 Å². The van der Waals surface area contributed by atoms with Crippen LogP contribution in [-0.4, -0.2) is 37.8 Å². The highest BCUT2D eigenvalue weighted by Gasteiger charge is 2.59. The summed E-state index contributed by atoms with van der Waals surface area (Å²) in [5, 5.41) is 7.14. The summed E-state index contributed by atoms with van der Waals surface area (Å²) in [5.74, 6) is 1.64. The minimum atomic E-state index is 0. The molecule has 0 bridgehead atoms. The Labute approximate surface area is 133 Å². The number of nitrogens with one attached hydrogen (secondary N) is 2. The molecule has 0 amide bonds. The summed E-state index contributed by atoms with van der Waals surface area (Å²) in [7, 11) is 1.86. The molecule has 0 aromatic rings. The first-order chi connectivity index (χ1) is 8.63. The van der Waals surface area contributed by atoms with E-state index in [0.717, 1.165) is 12.6 Å². The molecule has 1 aliphatic heterocycles. The van der Waals surface area contributed by atoms with Crippen molar-refractivity contribution in [2.75, 3.05) is 13.7 Å². The number of ether oxygens (including phenoxy) is 1. The Bertz CT molecular complexity index is 355. The predicted octanol–water partition coefficient (Wildman–Crippen LogP) is 2.14. The van der Waals surface area contributed by atoms with Crippen molar-refractivity contribution in [1.82, 2.24) is 10.6 Å². The largest absolute Gasteiger partial charge is 0.377 e. The number of hydrogen-bond donors (Lipinski definition) is 2. The van der Waals surface area contributed by atoms with Crippen LogP contribution in [0.1, 0.15) is 39.5 Å². The van der Waals surface area contributed by atoms with Gasteiger partial charge in [0.25, 0.3) is 0 Å². The van der Waals surface area contributed by atoms with Gasteiger partial charge in [0.05, 0.1) is 6.10 Å². The molecule has 0 aromatic carbocycles. The van der Waals surface area contributed by atoms with Gasteiger partial charge in [-0.25, -0.2) is 0 Å². The van der Waals surface area contributed by atoms with Crippen LogP contribution in [0.3, 0.4) is 0 Å². The lowest BCUT2D eigenvalue weighted by Gasteiger charge is -2.55. The number of guanidine groups is 1. The first-order valence-electron chi connectivity index (χ1n) is 7.24. The van der Waals surface area contributed by atoms with Gasteiger partial charge in [0.2, 0.25) is 0 Å². The maximum absolute atomic E-state index is 5.83. The molecule has 1 saturated heterocycles. The molecule has 3 atom stereocenters. The summed E-state index contributed by atoms with van der Waals surface area (Å²) in [5.41, 5.74) is 0.221. The van der Waals surface area contributed by atoms with Crippen LogP contribution in [0.25, 0.3) is 0 Å². The van der Waals surface area contributed by atoms with E-state index in [1.807, 2.05) is 7.05 Å². The van der Waals surface area contributed by atoms with Crippen molar-refractivity contribution in [1.29, 1.82) is 0 Å². The van der Waals surface area contributed by atoms with E-state index in [-0.39, 0.29) is 29.4 Å². The van der Waals surface area contributed by atoms with Crippen LogP contribution in [-0.2, 0) is 4.74 Å². The maximum Gasteiger partial charge on any atom is 0.191 e. The van der Waals surface area contributed by atoms with Crippen molar-refractivity contribution in [3.63, 3.8) is 0 Å². The molecule has 4 nitrogen and oxygen atoms in total. The molecule has 0 radical (unpaired) electrons. The highest BCUT2D eigenvalue weighted by atomic mass is 127. The second kappa shape index (κ2) is 5.76. The van der Waals surface area contributed by atoms with Crippen LogP contribution in [0.4, 0.5) is 0 Å². The lowest BCUT2D eigenvalue weighted by molar-refractivity contribution is -0.106. The molecule has 1 heterocycles. The Hall–Kier alpha value is -0.0400. The van der Waals surface area contributed by atoms with Crippen LogP contribution in [0.15, 0.2) is 4.99 Å². The van der Waals surface area contributed by atoms with Crippen molar-refractivity contribution >= 4 is 29.9 Å². The van der Waals surface area contributed by atoms with Gasteiger partial charge < -0.3 is 15.4 Å². The molecule has 3 aliphatic rings. The fraction of sp³-hybridized carbons (Fsp3) is 0.929. The molecule has 3 unspecified atom stereocenters. The van der Waals surface area contributed by atoms with Crippen molar-refractivity contribution in [2.24, 2.45) is 16.3 Å². The van der Waals surface area contributed by atoms with Crippen LogP contribution in [0.2, 0.25) is 0 Å². The van der Waals surface area contributed by atoms with E-state index in [1.54, 1.807) is 0 Å². The summed E-state index contributed by atoms with van der Waals surface area (Å²) in [6.45, 7) is 5.52. The lowest BCUT2D eigenvalue weighted by atomic mass is 9.57. The van der Waals surface area contributed by atoms with Gasteiger partial charge in [-0.1, -0.05) is 13.8 Å². The van der Waals surface area contributed by atoms with E-state index in [9.17, 15) is 0 Å². The highest BCUT2D eigenvalue weighted by molar-refractivity contribution is 14.0. The van der Waals surface area contributed by atoms with E-state index in [1.165, 1.54) is 25.7 Å². The molecule has 5 heteroatoms. The number of fused-ring (bicyclic) bond motifs is 1. The van der Waals surface area contributed by atoms with Crippen LogP contribution in [0, 0.1) is 11.3 Å². The van der Waals surface area contributed by atoms with E-state index in [4.69, 9.17) is 4.74 Å². The first kappa shape index (κ1) is 15.4. The Morgan fingerprint density at radius 2 is 1.95 bits per heavy atom. The van der Waals surface area contributed by atoms with E-state index in [0.29, 0.717) is 24.1 Å². The van der Waals surface area contributed by atoms with E-state index < -0.39 is 0 Å². The second-order valence-electron chi connectivity index (χ2n) is 6.53. The summed E-state index contributed by atoms with van der Waals surface area (Å²) in [4.78, 5) is 4.37. The van der Waals surface area contributed by atoms with Crippen LogP contribution < -0.4 is 10.6 Å². The molecule has 0 spiro atoms. The highest BCUT2D eigenvalue weighted by Crippen LogP contribution is 2.52. The molecule has 2 saturated carbocycles.